The molecule has 0 saturated carbocycles. The van der Waals surface area contributed by atoms with Gasteiger partial charge in [-0.15, -0.1) is 5.11 Å². The largest absolute Gasteiger partial charge is 0.294 e. The molecule has 0 heterocycles. The molecule has 0 saturated heterocycles. The van der Waals surface area contributed by atoms with Gasteiger partial charge in [0.25, 0.3) is 10.1 Å². The van der Waals surface area contributed by atoms with Crippen LogP contribution in [0, 0.1) is 0 Å². The molecule has 0 radical (unpaired) electrons. The number of rotatable bonds is 3. The van der Waals surface area contributed by atoms with Gasteiger partial charge in [0.15, 0.2) is 0 Å². The molecule has 4 aromatic carbocycles. The number of hydrogen-bond donors (Lipinski definition) is 1. The number of fused-ring (bicyclic) bond motifs is 2. The van der Waals surface area contributed by atoms with Crippen molar-refractivity contribution in [3.63, 3.8) is 0 Å². The van der Waals surface area contributed by atoms with Gasteiger partial charge in [-0.2, -0.15) is 13.5 Å². The molecule has 4 rings (SSSR count). The highest BCUT2D eigenvalue weighted by molar-refractivity contribution is 7.85. The molecule has 4 aromatic rings. The average molecular weight is 362 g/mol. The van der Waals surface area contributed by atoms with E-state index in [1.165, 1.54) is 12.1 Å². The summed E-state index contributed by atoms with van der Waals surface area (Å²) in [7, 11) is -4.21. The Balaban J connectivity index is 1.72. The lowest BCUT2D eigenvalue weighted by Crippen LogP contribution is -1.97. The van der Waals surface area contributed by atoms with Crippen LogP contribution in [0.25, 0.3) is 21.5 Å². The molecule has 1 N–H and O–H groups in total. The van der Waals surface area contributed by atoms with Gasteiger partial charge in [0, 0.05) is 5.39 Å². The van der Waals surface area contributed by atoms with Crippen molar-refractivity contribution < 1.29 is 13.0 Å². The first kappa shape index (κ1) is 16.4. The standard InChI is InChI=1S/C20H14N2O3S/c23-26(24,25)18-11-9-15-12-17(10-8-16(15)13-18)21-22-20-7-3-5-14-4-1-2-6-19(14)20/h1-13H,(H,23,24,25). The zero-order valence-corrected chi connectivity index (χ0v) is 14.4. The fraction of sp³-hybridized carbons (Fsp3) is 0. The molecule has 0 aromatic heterocycles. The van der Waals surface area contributed by atoms with Crippen LogP contribution >= 0.6 is 0 Å². The van der Waals surface area contributed by atoms with Crippen molar-refractivity contribution in [1.82, 2.24) is 0 Å². The van der Waals surface area contributed by atoms with Crippen molar-refractivity contribution in [2.45, 2.75) is 4.90 Å². The number of benzene rings is 4. The second kappa shape index (κ2) is 6.33. The summed E-state index contributed by atoms with van der Waals surface area (Å²) in [4.78, 5) is -0.130. The van der Waals surface area contributed by atoms with E-state index in [1.54, 1.807) is 18.2 Å². The van der Waals surface area contributed by atoms with E-state index in [-0.39, 0.29) is 4.90 Å². The minimum Gasteiger partial charge on any atom is -0.282 e. The van der Waals surface area contributed by atoms with Crippen molar-refractivity contribution in [3.8, 4) is 0 Å². The molecule has 0 amide bonds. The predicted octanol–water partition coefficient (Wildman–Crippen LogP) is 5.66. The Labute approximate surface area is 150 Å². The van der Waals surface area contributed by atoms with E-state index in [1.807, 2.05) is 48.5 Å². The Bertz CT molecular complexity index is 1260. The van der Waals surface area contributed by atoms with E-state index in [0.29, 0.717) is 11.1 Å². The van der Waals surface area contributed by atoms with Crippen LogP contribution in [0.15, 0.2) is 94.0 Å². The van der Waals surface area contributed by atoms with Crippen LogP contribution in [-0.4, -0.2) is 13.0 Å². The van der Waals surface area contributed by atoms with E-state index in [4.69, 9.17) is 4.55 Å². The highest BCUT2D eigenvalue weighted by atomic mass is 32.2. The summed E-state index contributed by atoms with van der Waals surface area (Å²) in [5, 5.41) is 12.3. The van der Waals surface area contributed by atoms with E-state index in [2.05, 4.69) is 10.2 Å². The second-order valence-electron chi connectivity index (χ2n) is 5.87. The maximum absolute atomic E-state index is 11.2. The summed E-state index contributed by atoms with van der Waals surface area (Å²) in [6, 6.07) is 23.6. The van der Waals surface area contributed by atoms with Crippen LogP contribution in [0.5, 0.6) is 0 Å². The van der Waals surface area contributed by atoms with Crippen molar-refractivity contribution in [2.75, 3.05) is 0 Å². The summed E-state index contributed by atoms with van der Waals surface area (Å²) in [6.45, 7) is 0. The molecule has 0 aliphatic rings. The van der Waals surface area contributed by atoms with Crippen LogP contribution < -0.4 is 0 Å². The number of hydrogen-bond acceptors (Lipinski definition) is 4. The monoisotopic (exact) mass is 362 g/mol. The zero-order chi connectivity index (χ0) is 18.1. The van der Waals surface area contributed by atoms with E-state index in [9.17, 15) is 8.42 Å². The highest BCUT2D eigenvalue weighted by Gasteiger charge is 2.09. The van der Waals surface area contributed by atoms with Crippen LogP contribution in [0.4, 0.5) is 11.4 Å². The highest BCUT2D eigenvalue weighted by Crippen LogP contribution is 2.29. The van der Waals surface area contributed by atoms with Crippen molar-refractivity contribution in [3.05, 3.63) is 78.9 Å². The maximum Gasteiger partial charge on any atom is 0.294 e. The van der Waals surface area contributed by atoms with Crippen molar-refractivity contribution in [1.29, 1.82) is 0 Å². The van der Waals surface area contributed by atoms with Crippen LogP contribution in [0.2, 0.25) is 0 Å². The minimum absolute atomic E-state index is 0.130. The van der Waals surface area contributed by atoms with Crippen LogP contribution in [0.3, 0.4) is 0 Å². The topological polar surface area (TPSA) is 79.1 Å². The predicted molar refractivity (Wildman–Crippen MR) is 102 cm³/mol. The molecule has 6 heteroatoms. The van der Waals surface area contributed by atoms with Crippen molar-refractivity contribution >= 4 is 43.0 Å². The van der Waals surface area contributed by atoms with Gasteiger partial charge in [0.2, 0.25) is 0 Å². The molecular weight excluding hydrogens is 348 g/mol. The van der Waals surface area contributed by atoms with E-state index in [0.717, 1.165) is 21.8 Å². The molecule has 0 bridgehead atoms. The summed E-state index contributed by atoms with van der Waals surface area (Å²) in [5.41, 5.74) is 1.44. The van der Waals surface area contributed by atoms with Gasteiger partial charge in [0.05, 0.1) is 16.3 Å². The molecule has 0 atom stereocenters. The smallest absolute Gasteiger partial charge is 0.282 e. The minimum atomic E-state index is -4.21. The quantitative estimate of drug-likeness (QED) is 0.377. The Morgan fingerprint density at radius 3 is 2.27 bits per heavy atom. The first-order valence-electron chi connectivity index (χ1n) is 7.91. The third kappa shape index (κ3) is 3.20. The Kier molecular flexibility index (Phi) is 3.99. The van der Waals surface area contributed by atoms with Gasteiger partial charge in [0.1, 0.15) is 0 Å². The Morgan fingerprint density at radius 1 is 0.692 bits per heavy atom. The fourth-order valence-corrected chi connectivity index (χ4v) is 3.36. The number of azo groups is 1. The first-order valence-corrected chi connectivity index (χ1v) is 9.35. The van der Waals surface area contributed by atoms with Gasteiger partial charge < -0.3 is 0 Å². The van der Waals surface area contributed by atoms with Gasteiger partial charge in [-0.05, 0) is 46.5 Å². The molecule has 0 aliphatic carbocycles. The van der Waals surface area contributed by atoms with E-state index >= 15 is 0 Å². The Morgan fingerprint density at radius 2 is 1.42 bits per heavy atom. The molecule has 0 fully saturated rings. The van der Waals surface area contributed by atoms with Crippen LogP contribution in [-0.2, 0) is 10.1 Å². The molecule has 128 valence electrons. The summed E-state index contributed by atoms with van der Waals surface area (Å²) in [6.07, 6.45) is 0. The Hall–Kier alpha value is -3.09. The summed E-state index contributed by atoms with van der Waals surface area (Å²) >= 11 is 0. The van der Waals surface area contributed by atoms with Gasteiger partial charge >= 0.3 is 0 Å². The third-order valence-electron chi connectivity index (χ3n) is 4.13. The maximum atomic E-state index is 11.2. The average Bonchev–Trinajstić information content (AvgIpc) is 2.65. The van der Waals surface area contributed by atoms with Gasteiger partial charge in [-0.3, -0.25) is 4.55 Å². The first-order chi connectivity index (χ1) is 12.5. The molecular formula is C20H14N2O3S. The molecule has 26 heavy (non-hydrogen) atoms. The molecule has 5 nitrogen and oxygen atoms in total. The molecule has 0 spiro atoms. The fourth-order valence-electron chi connectivity index (χ4n) is 2.84. The molecule has 0 unspecified atom stereocenters. The van der Waals surface area contributed by atoms with Crippen LogP contribution in [0.1, 0.15) is 0 Å². The summed E-state index contributed by atoms with van der Waals surface area (Å²) in [5.74, 6) is 0. The lowest BCUT2D eigenvalue weighted by Gasteiger charge is -2.03. The van der Waals surface area contributed by atoms with Gasteiger partial charge in [-0.1, -0.05) is 48.5 Å². The number of nitrogens with zero attached hydrogens (tertiary/aromatic N) is 2. The van der Waals surface area contributed by atoms with Crippen molar-refractivity contribution in [2.24, 2.45) is 10.2 Å². The summed E-state index contributed by atoms with van der Waals surface area (Å²) < 4.78 is 31.6. The molecule has 0 aliphatic heterocycles. The zero-order valence-electron chi connectivity index (χ0n) is 13.6. The lowest BCUT2D eigenvalue weighted by molar-refractivity contribution is 0.483. The SMILES string of the molecule is O=S(=O)(O)c1ccc2cc(N=Nc3cccc4ccccc34)ccc2c1. The van der Waals surface area contributed by atoms with E-state index < -0.39 is 10.1 Å². The normalized spacial score (nSPS) is 12.2. The second-order valence-corrected chi connectivity index (χ2v) is 7.29. The van der Waals surface area contributed by atoms with Gasteiger partial charge in [-0.25, -0.2) is 0 Å². The third-order valence-corrected chi connectivity index (χ3v) is 4.98. The lowest BCUT2D eigenvalue weighted by atomic mass is 10.1.